The first-order valence-corrected chi connectivity index (χ1v) is 6.14. The first-order chi connectivity index (χ1) is 7.79. The Morgan fingerprint density at radius 2 is 1.76 bits per heavy atom. The molecule has 1 N–H and O–H groups in total. The zero-order valence-corrected chi connectivity index (χ0v) is 11.5. The number of rotatable bonds is 3. The summed E-state index contributed by atoms with van der Waals surface area (Å²) in [5, 5.41) is 3.04. The van der Waals surface area contributed by atoms with Gasteiger partial charge in [-0.1, -0.05) is 50.6 Å². The van der Waals surface area contributed by atoms with E-state index in [1.165, 1.54) is 5.56 Å². The Kier molecular flexibility index (Phi) is 4.33. The van der Waals surface area contributed by atoms with Gasteiger partial charge in [0.2, 0.25) is 5.91 Å². The summed E-state index contributed by atoms with van der Waals surface area (Å²) in [6.45, 7) is 10.5. The Labute approximate surface area is 104 Å². The van der Waals surface area contributed by atoms with Gasteiger partial charge in [-0.2, -0.15) is 0 Å². The number of carbonyl (C=O) groups is 1. The molecule has 94 valence electrons. The molecular formula is C15H23NO. The summed E-state index contributed by atoms with van der Waals surface area (Å²) in [5.41, 5.74) is 2.38. The molecule has 0 aliphatic carbocycles. The van der Waals surface area contributed by atoms with Crippen LogP contribution in [0, 0.1) is 12.3 Å². The summed E-state index contributed by atoms with van der Waals surface area (Å²) >= 11 is 0. The molecule has 1 atom stereocenters. The van der Waals surface area contributed by atoms with Crippen LogP contribution in [0.5, 0.6) is 0 Å². The van der Waals surface area contributed by atoms with Crippen LogP contribution in [-0.2, 0) is 11.2 Å². The summed E-state index contributed by atoms with van der Waals surface area (Å²) in [4.78, 5) is 11.8. The van der Waals surface area contributed by atoms with E-state index in [4.69, 9.17) is 0 Å². The van der Waals surface area contributed by atoms with Crippen LogP contribution < -0.4 is 5.32 Å². The van der Waals surface area contributed by atoms with Crippen molar-refractivity contribution in [2.45, 2.75) is 47.1 Å². The predicted octanol–water partition coefficient (Wildman–Crippen LogP) is 3.09. The quantitative estimate of drug-likeness (QED) is 0.854. The minimum absolute atomic E-state index is 0.0938. The maximum Gasteiger partial charge on any atom is 0.224 e. The monoisotopic (exact) mass is 233 g/mol. The molecule has 0 saturated heterocycles. The van der Waals surface area contributed by atoms with E-state index in [0.29, 0.717) is 6.42 Å². The van der Waals surface area contributed by atoms with Crippen LogP contribution in [0.1, 0.15) is 38.8 Å². The highest BCUT2D eigenvalue weighted by Crippen LogP contribution is 2.18. The lowest BCUT2D eigenvalue weighted by Crippen LogP contribution is -2.42. The summed E-state index contributed by atoms with van der Waals surface area (Å²) < 4.78 is 0. The Bertz CT molecular complexity index is 373. The third-order valence-corrected chi connectivity index (χ3v) is 3.16. The lowest BCUT2D eigenvalue weighted by atomic mass is 9.88. The maximum absolute atomic E-state index is 11.8. The molecule has 0 aliphatic heterocycles. The van der Waals surface area contributed by atoms with Gasteiger partial charge in [0.25, 0.3) is 0 Å². The van der Waals surface area contributed by atoms with E-state index in [1.54, 1.807) is 0 Å². The average Bonchev–Trinajstić information content (AvgIpc) is 2.20. The molecule has 0 aliphatic rings. The first-order valence-electron chi connectivity index (χ1n) is 6.14. The minimum Gasteiger partial charge on any atom is -0.353 e. The van der Waals surface area contributed by atoms with Crippen LogP contribution in [0.2, 0.25) is 0 Å². The highest BCUT2D eigenvalue weighted by molar-refractivity contribution is 5.78. The molecular weight excluding hydrogens is 210 g/mol. The second kappa shape index (κ2) is 5.35. The van der Waals surface area contributed by atoms with Crippen molar-refractivity contribution >= 4 is 5.91 Å². The fourth-order valence-corrected chi connectivity index (χ4v) is 1.40. The molecule has 1 rings (SSSR count). The second-order valence-corrected chi connectivity index (χ2v) is 5.82. The lowest BCUT2D eigenvalue weighted by molar-refractivity contribution is -0.121. The molecule has 1 aromatic carbocycles. The van der Waals surface area contributed by atoms with Crippen LogP contribution in [-0.4, -0.2) is 11.9 Å². The van der Waals surface area contributed by atoms with Gasteiger partial charge in [0.15, 0.2) is 0 Å². The standard InChI is InChI=1S/C15H23NO/c1-11-6-8-13(9-7-11)10-14(17)16-12(2)15(3,4)5/h6-9,12H,10H2,1-5H3,(H,16,17)/t12-/m0/s1. The average molecular weight is 233 g/mol. The van der Waals surface area contributed by atoms with Crippen LogP contribution in [0.15, 0.2) is 24.3 Å². The van der Waals surface area contributed by atoms with E-state index in [-0.39, 0.29) is 17.4 Å². The molecule has 17 heavy (non-hydrogen) atoms. The number of carbonyl (C=O) groups excluding carboxylic acids is 1. The highest BCUT2D eigenvalue weighted by atomic mass is 16.1. The summed E-state index contributed by atoms with van der Waals surface area (Å²) in [5.74, 6) is 0.0938. The van der Waals surface area contributed by atoms with Gasteiger partial charge in [-0.05, 0) is 24.8 Å². The van der Waals surface area contributed by atoms with E-state index in [9.17, 15) is 4.79 Å². The predicted molar refractivity (Wildman–Crippen MR) is 71.9 cm³/mol. The van der Waals surface area contributed by atoms with Crippen molar-refractivity contribution in [3.63, 3.8) is 0 Å². The minimum atomic E-state index is 0.0938. The molecule has 0 fully saturated rings. The molecule has 0 heterocycles. The highest BCUT2D eigenvalue weighted by Gasteiger charge is 2.21. The zero-order chi connectivity index (χ0) is 13.1. The number of aryl methyl sites for hydroxylation is 1. The summed E-state index contributed by atoms with van der Waals surface area (Å²) in [6.07, 6.45) is 0.459. The largest absolute Gasteiger partial charge is 0.353 e. The number of amides is 1. The van der Waals surface area contributed by atoms with Crippen molar-refractivity contribution < 1.29 is 4.79 Å². The maximum atomic E-state index is 11.8. The van der Waals surface area contributed by atoms with Crippen LogP contribution in [0.25, 0.3) is 0 Å². The fraction of sp³-hybridized carbons (Fsp3) is 0.533. The molecule has 0 aromatic heterocycles. The van der Waals surface area contributed by atoms with Crippen molar-refractivity contribution in [2.24, 2.45) is 5.41 Å². The van der Waals surface area contributed by atoms with Gasteiger partial charge < -0.3 is 5.32 Å². The van der Waals surface area contributed by atoms with E-state index in [2.05, 4.69) is 26.1 Å². The van der Waals surface area contributed by atoms with Gasteiger partial charge in [-0.3, -0.25) is 4.79 Å². The Balaban J connectivity index is 2.53. The zero-order valence-electron chi connectivity index (χ0n) is 11.5. The van der Waals surface area contributed by atoms with Crippen molar-refractivity contribution in [2.75, 3.05) is 0 Å². The molecule has 0 unspecified atom stereocenters. The topological polar surface area (TPSA) is 29.1 Å². The third kappa shape index (κ3) is 4.59. The number of hydrogen-bond donors (Lipinski definition) is 1. The lowest BCUT2D eigenvalue weighted by Gasteiger charge is -2.28. The van der Waals surface area contributed by atoms with E-state index in [0.717, 1.165) is 5.56 Å². The van der Waals surface area contributed by atoms with Gasteiger partial charge in [-0.15, -0.1) is 0 Å². The van der Waals surface area contributed by atoms with E-state index >= 15 is 0 Å². The Hall–Kier alpha value is -1.31. The van der Waals surface area contributed by atoms with Gasteiger partial charge >= 0.3 is 0 Å². The van der Waals surface area contributed by atoms with Gasteiger partial charge in [-0.25, -0.2) is 0 Å². The van der Waals surface area contributed by atoms with Crippen LogP contribution in [0.4, 0.5) is 0 Å². The SMILES string of the molecule is Cc1ccc(CC(=O)N[C@@H](C)C(C)(C)C)cc1. The molecule has 1 amide bonds. The first kappa shape index (κ1) is 13.8. The summed E-state index contributed by atoms with van der Waals surface area (Å²) in [7, 11) is 0. The van der Waals surface area contributed by atoms with Gasteiger partial charge in [0, 0.05) is 6.04 Å². The van der Waals surface area contributed by atoms with Crippen molar-refractivity contribution in [1.82, 2.24) is 5.32 Å². The Morgan fingerprint density at radius 3 is 2.24 bits per heavy atom. The molecule has 0 spiro atoms. The Morgan fingerprint density at radius 1 is 1.24 bits per heavy atom. The van der Waals surface area contributed by atoms with Gasteiger partial charge in [0.1, 0.15) is 0 Å². The van der Waals surface area contributed by atoms with Crippen molar-refractivity contribution in [3.8, 4) is 0 Å². The van der Waals surface area contributed by atoms with Crippen LogP contribution >= 0.6 is 0 Å². The van der Waals surface area contributed by atoms with Gasteiger partial charge in [0.05, 0.1) is 6.42 Å². The molecule has 1 aromatic rings. The number of benzene rings is 1. The third-order valence-electron chi connectivity index (χ3n) is 3.16. The second-order valence-electron chi connectivity index (χ2n) is 5.82. The van der Waals surface area contributed by atoms with Crippen molar-refractivity contribution in [3.05, 3.63) is 35.4 Å². The molecule has 0 bridgehead atoms. The smallest absolute Gasteiger partial charge is 0.224 e. The number of hydrogen-bond acceptors (Lipinski definition) is 1. The fourth-order valence-electron chi connectivity index (χ4n) is 1.40. The van der Waals surface area contributed by atoms with Crippen LogP contribution in [0.3, 0.4) is 0 Å². The van der Waals surface area contributed by atoms with Crippen molar-refractivity contribution in [1.29, 1.82) is 0 Å². The number of nitrogens with one attached hydrogen (secondary N) is 1. The molecule has 2 heteroatoms. The van der Waals surface area contributed by atoms with E-state index in [1.807, 2.05) is 38.1 Å². The normalized spacial score (nSPS) is 13.2. The molecule has 0 saturated carbocycles. The summed E-state index contributed by atoms with van der Waals surface area (Å²) in [6, 6.07) is 8.28. The van der Waals surface area contributed by atoms with E-state index < -0.39 is 0 Å². The molecule has 0 radical (unpaired) electrons. The molecule has 2 nitrogen and oxygen atoms in total.